The number of halogens is 3. The van der Waals surface area contributed by atoms with E-state index in [1.807, 2.05) is 0 Å². The molecule has 4 rings (SSSR count). The van der Waals surface area contributed by atoms with Crippen molar-refractivity contribution in [2.75, 3.05) is 29.9 Å². The highest BCUT2D eigenvalue weighted by Crippen LogP contribution is 2.42. The maximum absolute atomic E-state index is 15.0. The molecule has 9 heteroatoms. The molecule has 0 spiro atoms. The summed E-state index contributed by atoms with van der Waals surface area (Å²) in [7, 11) is 1.59. The van der Waals surface area contributed by atoms with Gasteiger partial charge in [0.15, 0.2) is 0 Å². The van der Waals surface area contributed by atoms with Crippen LogP contribution in [0.1, 0.15) is 51.9 Å². The summed E-state index contributed by atoms with van der Waals surface area (Å²) in [6, 6.07) is 12.5. The smallest absolute Gasteiger partial charge is 0.324 e. The van der Waals surface area contributed by atoms with Gasteiger partial charge in [0.2, 0.25) is 5.91 Å². The molecule has 2 aromatic carbocycles. The second-order valence-electron chi connectivity index (χ2n) is 10.4. The highest BCUT2D eigenvalue weighted by atomic mass is 19.3. The molecule has 1 atom stereocenters. The first-order chi connectivity index (χ1) is 18.0. The molecule has 0 bridgehead atoms. The summed E-state index contributed by atoms with van der Waals surface area (Å²) in [5.41, 5.74) is -0.113. The lowest BCUT2D eigenvalue weighted by atomic mass is 9.72. The average molecular weight is 530 g/mol. The van der Waals surface area contributed by atoms with Crippen LogP contribution in [-0.4, -0.2) is 54.7 Å². The predicted octanol–water partition coefficient (Wildman–Crippen LogP) is 6.05. The maximum atomic E-state index is 15.0. The Morgan fingerprint density at radius 1 is 0.921 bits per heavy atom. The third-order valence-electron chi connectivity index (χ3n) is 8.07. The van der Waals surface area contributed by atoms with Crippen LogP contribution in [-0.2, 0) is 9.59 Å². The van der Waals surface area contributed by atoms with Gasteiger partial charge in [0.05, 0.1) is 0 Å². The Bertz CT molecular complexity index is 1150. The number of ketones is 1. The normalized spacial score (nSPS) is 20.4. The second-order valence-corrected chi connectivity index (χ2v) is 10.4. The number of alkyl halides is 2. The van der Waals surface area contributed by atoms with Gasteiger partial charge in [-0.15, -0.1) is 0 Å². The molecule has 1 saturated heterocycles. The van der Waals surface area contributed by atoms with E-state index in [4.69, 9.17) is 0 Å². The van der Waals surface area contributed by atoms with E-state index in [2.05, 4.69) is 0 Å². The zero-order chi connectivity index (χ0) is 27.5. The molecule has 2 fully saturated rings. The molecule has 1 heterocycles. The Kier molecular flexibility index (Phi) is 8.13. The first kappa shape index (κ1) is 27.7. The number of carbonyl (C=O) groups is 3. The van der Waals surface area contributed by atoms with Crippen molar-refractivity contribution < 1.29 is 27.6 Å². The first-order valence-corrected chi connectivity index (χ1v) is 13.1. The monoisotopic (exact) mass is 529 g/mol. The van der Waals surface area contributed by atoms with Gasteiger partial charge in [-0.3, -0.25) is 14.5 Å². The molecule has 0 aromatic heterocycles. The van der Waals surface area contributed by atoms with E-state index in [0.717, 1.165) is 0 Å². The number of hydrogen-bond donors (Lipinski definition) is 0. The van der Waals surface area contributed by atoms with E-state index >= 15 is 8.78 Å². The number of hydrogen-bond acceptors (Lipinski definition) is 3. The SMILES string of the molecule is CC(=O)C1(CC(=O)N(c2ccccc2)C2CCCCC2(F)F)CCN(C(=O)N(C)c2ccc(F)cc2)CC1. The number of carbonyl (C=O) groups excluding carboxylic acids is 3. The van der Waals surface area contributed by atoms with E-state index in [1.54, 1.807) is 42.3 Å². The number of benzene rings is 2. The van der Waals surface area contributed by atoms with Crippen molar-refractivity contribution in [1.82, 2.24) is 4.90 Å². The van der Waals surface area contributed by atoms with Crippen molar-refractivity contribution >= 4 is 29.1 Å². The number of piperidine rings is 1. The first-order valence-electron chi connectivity index (χ1n) is 13.1. The highest BCUT2D eigenvalue weighted by molar-refractivity contribution is 5.98. The van der Waals surface area contributed by atoms with Gasteiger partial charge < -0.3 is 9.80 Å². The molecule has 1 unspecified atom stereocenters. The second kappa shape index (κ2) is 11.2. The number of para-hydroxylation sites is 1. The quantitative estimate of drug-likeness (QED) is 0.458. The lowest BCUT2D eigenvalue weighted by Gasteiger charge is -2.44. The fourth-order valence-electron chi connectivity index (χ4n) is 5.62. The van der Waals surface area contributed by atoms with Crippen molar-refractivity contribution in [2.45, 2.75) is 63.8 Å². The minimum atomic E-state index is -3.02. The molecular weight excluding hydrogens is 495 g/mol. The largest absolute Gasteiger partial charge is 0.324 e. The molecular formula is C29H34F3N3O3. The Labute approximate surface area is 221 Å². The van der Waals surface area contributed by atoms with Gasteiger partial charge in [0.25, 0.3) is 5.92 Å². The Balaban J connectivity index is 1.51. The Morgan fingerprint density at radius 3 is 2.13 bits per heavy atom. The van der Waals surface area contributed by atoms with Gasteiger partial charge in [-0.1, -0.05) is 24.6 Å². The van der Waals surface area contributed by atoms with Crippen LogP contribution in [0.25, 0.3) is 0 Å². The zero-order valence-electron chi connectivity index (χ0n) is 21.8. The molecule has 0 radical (unpaired) electrons. The molecule has 204 valence electrons. The van der Waals surface area contributed by atoms with E-state index in [9.17, 15) is 18.8 Å². The third kappa shape index (κ3) is 5.71. The van der Waals surface area contributed by atoms with Gasteiger partial charge in [-0.05, 0) is 69.0 Å². The summed E-state index contributed by atoms with van der Waals surface area (Å²) in [5.74, 6) is -4.11. The van der Waals surface area contributed by atoms with E-state index in [0.29, 0.717) is 24.2 Å². The summed E-state index contributed by atoms with van der Waals surface area (Å²) in [5, 5.41) is 0. The van der Waals surface area contributed by atoms with Crippen molar-refractivity contribution in [2.24, 2.45) is 5.41 Å². The van der Waals surface area contributed by atoms with Crippen LogP contribution in [0, 0.1) is 11.2 Å². The predicted molar refractivity (Wildman–Crippen MR) is 140 cm³/mol. The van der Waals surface area contributed by atoms with Crippen LogP contribution in [0.2, 0.25) is 0 Å². The molecule has 2 aliphatic rings. The molecule has 6 nitrogen and oxygen atoms in total. The van der Waals surface area contributed by atoms with Crippen molar-refractivity contribution in [3.8, 4) is 0 Å². The number of urea groups is 1. The van der Waals surface area contributed by atoms with Gasteiger partial charge in [0, 0.05) is 49.8 Å². The Morgan fingerprint density at radius 2 is 1.55 bits per heavy atom. The number of nitrogens with zero attached hydrogens (tertiary/aromatic N) is 3. The molecule has 0 N–H and O–H groups in total. The fourth-order valence-corrected chi connectivity index (χ4v) is 5.62. The number of Topliss-reactive ketones (excluding diaryl/α,β-unsaturated/α-hetero) is 1. The summed E-state index contributed by atoms with van der Waals surface area (Å²) in [6.45, 7) is 1.90. The van der Waals surface area contributed by atoms with Gasteiger partial charge in [-0.2, -0.15) is 0 Å². The van der Waals surface area contributed by atoms with Crippen LogP contribution >= 0.6 is 0 Å². The zero-order valence-corrected chi connectivity index (χ0v) is 21.8. The lowest BCUT2D eigenvalue weighted by Crippen LogP contribution is -2.55. The molecule has 1 aliphatic carbocycles. The number of rotatable bonds is 6. The number of anilines is 2. The van der Waals surface area contributed by atoms with Crippen molar-refractivity contribution in [1.29, 1.82) is 0 Å². The summed E-state index contributed by atoms with van der Waals surface area (Å²) in [6.07, 6.45) is 1.24. The summed E-state index contributed by atoms with van der Waals surface area (Å²) in [4.78, 5) is 44.0. The van der Waals surface area contributed by atoms with Crippen molar-refractivity contribution in [3.05, 3.63) is 60.4 Å². The van der Waals surface area contributed by atoms with Crippen LogP contribution in [0.4, 0.5) is 29.3 Å². The number of amides is 3. The minimum Gasteiger partial charge on any atom is -0.324 e. The molecule has 2 aromatic rings. The van der Waals surface area contributed by atoms with E-state index in [-0.39, 0.29) is 57.0 Å². The lowest BCUT2D eigenvalue weighted by molar-refractivity contribution is -0.136. The summed E-state index contributed by atoms with van der Waals surface area (Å²) < 4.78 is 43.4. The Hall–Kier alpha value is -3.36. The third-order valence-corrected chi connectivity index (χ3v) is 8.07. The summed E-state index contributed by atoms with van der Waals surface area (Å²) >= 11 is 0. The van der Waals surface area contributed by atoms with Crippen LogP contribution in [0.5, 0.6) is 0 Å². The average Bonchev–Trinajstić information content (AvgIpc) is 2.90. The molecule has 1 aliphatic heterocycles. The molecule has 3 amide bonds. The van der Waals surface area contributed by atoms with Crippen LogP contribution < -0.4 is 9.80 Å². The van der Waals surface area contributed by atoms with Crippen LogP contribution in [0.3, 0.4) is 0 Å². The maximum Gasteiger partial charge on any atom is 0.324 e. The fraction of sp³-hybridized carbons (Fsp3) is 0.483. The molecule has 1 saturated carbocycles. The molecule has 38 heavy (non-hydrogen) atoms. The highest BCUT2D eigenvalue weighted by Gasteiger charge is 2.49. The van der Waals surface area contributed by atoms with E-state index in [1.165, 1.54) is 41.0 Å². The van der Waals surface area contributed by atoms with Gasteiger partial charge in [-0.25, -0.2) is 18.0 Å². The topological polar surface area (TPSA) is 60.9 Å². The van der Waals surface area contributed by atoms with E-state index < -0.39 is 29.1 Å². The van der Waals surface area contributed by atoms with Gasteiger partial charge >= 0.3 is 6.03 Å². The van der Waals surface area contributed by atoms with Gasteiger partial charge in [0.1, 0.15) is 17.6 Å². The van der Waals surface area contributed by atoms with Crippen molar-refractivity contribution in [3.63, 3.8) is 0 Å². The minimum absolute atomic E-state index is 0.187. The number of likely N-dealkylation sites (tertiary alicyclic amines) is 1. The van der Waals surface area contributed by atoms with Crippen LogP contribution in [0.15, 0.2) is 54.6 Å². The standard InChI is InChI=1S/C29H34F3N3O3/c1-21(36)28(16-18-34(19-17-28)27(38)33(2)23-13-11-22(30)12-14-23)20-26(37)35(24-8-4-3-5-9-24)25-10-6-7-15-29(25,31)32/h3-5,8-9,11-14,25H,6-7,10,15-20H2,1-2H3.